The van der Waals surface area contributed by atoms with Gasteiger partial charge in [0.1, 0.15) is 11.6 Å². The Labute approximate surface area is 162 Å². The van der Waals surface area contributed by atoms with E-state index in [1.807, 2.05) is 0 Å². The van der Waals surface area contributed by atoms with E-state index in [1.165, 1.54) is 9.80 Å². The number of piperidine rings is 1. The summed E-state index contributed by atoms with van der Waals surface area (Å²) in [6.45, 7) is 6.22. The minimum absolute atomic E-state index is 0.214. The number of carbonyl (C=O) groups excluding carboxylic acids is 4. The van der Waals surface area contributed by atoms with Crippen LogP contribution in [0.4, 0.5) is 9.59 Å². The van der Waals surface area contributed by atoms with Crippen LogP contribution in [0.15, 0.2) is 0 Å². The van der Waals surface area contributed by atoms with E-state index in [2.05, 4.69) is 10.9 Å². The molecular weight excluding hydrogens is 370 g/mol. The van der Waals surface area contributed by atoms with Crippen LogP contribution in [0.2, 0.25) is 0 Å². The van der Waals surface area contributed by atoms with Gasteiger partial charge >= 0.3 is 12.1 Å². The number of nitrogens with zero attached hydrogens (tertiary/aromatic N) is 3. The number of hydrogen-bond acceptors (Lipinski definition) is 6. The third kappa shape index (κ3) is 4.13. The fourth-order valence-corrected chi connectivity index (χ4v) is 3.70. The third-order valence-electron chi connectivity index (χ3n) is 5.17. The molecule has 156 valence electrons. The number of urea groups is 1. The van der Waals surface area contributed by atoms with Crippen molar-refractivity contribution in [2.45, 2.75) is 57.7 Å². The highest BCUT2D eigenvalue weighted by Gasteiger charge is 2.47. The van der Waals surface area contributed by atoms with Gasteiger partial charge < -0.3 is 14.5 Å². The molecule has 3 saturated heterocycles. The topological polar surface area (TPSA) is 132 Å². The van der Waals surface area contributed by atoms with E-state index < -0.39 is 41.5 Å². The monoisotopic (exact) mass is 397 g/mol. The van der Waals surface area contributed by atoms with Gasteiger partial charge in [-0.2, -0.15) is 0 Å². The van der Waals surface area contributed by atoms with Crippen LogP contribution in [0, 0.1) is 5.92 Å². The number of fused-ring (bicyclic) bond motifs is 2. The quantitative estimate of drug-likeness (QED) is 0.446. The summed E-state index contributed by atoms with van der Waals surface area (Å²) in [5.74, 6) is -1.35. The van der Waals surface area contributed by atoms with E-state index in [0.29, 0.717) is 30.9 Å². The summed E-state index contributed by atoms with van der Waals surface area (Å²) in [5, 5.41) is 10.3. The molecule has 3 atom stereocenters. The molecule has 0 spiro atoms. The molecule has 5 amide bonds. The highest BCUT2D eigenvalue weighted by molar-refractivity contribution is 5.90. The normalized spacial score (nSPS) is 27.1. The molecule has 3 N–H and O–H groups in total. The third-order valence-corrected chi connectivity index (χ3v) is 5.17. The molecule has 0 aromatic heterocycles. The molecule has 28 heavy (non-hydrogen) atoms. The fourth-order valence-electron chi connectivity index (χ4n) is 3.70. The Balaban J connectivity index is 1.46. The maximum Gasteiger partial charge on any atom is 0.410 e. The summed E-state index contributed by atoms with van der Waals surface area (Å²) in [6.07, 6.45) is 0.920. The number of hydroxylamine groups is 2. The van der Waals surface area contributed by atoms with Crippen molar-refractivity contribution in [2.75, 3.05) is 19.6 Å². The molecule has 3 heterocycles. The van der Waals surface area contributed by atoms with Gasteiger partial charge in [0.05, 0.1) is 12.0 Å². The number of hydrazine groups is 1. The minimum Gasteiger partial charge on any atom is -0.444 e. The van der Waals surface area contributed by atoms with Crippen molar-refractivity contribution >= 4 is 23.9 Å². The average Bonchev–Trinajstić information content (AvgIpc) is 3.19. The van der Waals surface area contributed by atoms with Crippen molar-refractivity contribution in [3.63, 3.8) is 0 Å². The number of nitrogens with one attached hydrogen (secondary N) is 2. The molecule has 3 rings (SSSR count). The lowest BCUT2D eigenvalue weighted by Gasteiger charge is -2.29. The molecule has 11 heteroatoms. The van der Waals surface area contributed by atoms with E-state index in [0.717, 1.165) is 0 Å². The van der Waals surface area contributed by atoms with E-state index in [-0.39, 0.29) is 19.1 Å². The first-order valence-electron chi connectivity index (χ1n) is 9.43. The SMILES string of the molecule is CC(C)(C)OC(=O)N1CC[C@@H](C(=O)NNC(=O)[C@H]2CC[C@H]3CN2C(=O)N3O)C1. The van der Waals surface area contributed by atoms with Crippen molar-refractivity contribution in [2.24, 2.45) is 5.92 Å². The predicted octanol–water partition coefficient (Wildman–Crippen LogP) is 0.0486. The first-order valence-corrected chi connectivity index (χ1v) is 9.43. The number of amides is 5. The van der Waals surface area contributed by atoms with Crippen molar-refractivity contribution in [1.82, 2.24) is 25.7 Å². The lowest BCUT2D eigenvalue weighted by atomic mass is 10.0. The molecule has 11 nitrogen and oxygen atoms in total. The van der Waals surface area contributed by atoms with Gasteiger partial charge in [0, 0.05) is 19.6 Å². The van der Waals surface area contributed by atoms with Crippen LogP contribution in [-0.2, 0) is 14.3 Å². The first-order chi connectivity index (χ1) is 13.1. The zero-order valence-electron chi connectivity index (χ0n) is 16.3. The van der Waals surface area contributed by atoms with Crippen LogP contribution in [0.1, 0.15) is 40.0 Å². The van der Waals surface area contributed by atoms with E-state index in [1.54, 1.807) is 20.8 Å². The Bertz CT molecular complexity index is 677. The molecule has 0 saturated carbocycles. The average molecular weight is 397 g/mol. The number of hydrogen-bond donors (Lipinski definition) is 3. The molecular formula is C17H27N5O6. The largest absolute Gasteiger partial charge is 0.444 e. The van der Waals surface area contributed by atoms with Gasteiger partial charge in [0.15, 0.2) is 0 Å². The zero-order chi connectivity index (χ0) is 20.6. The Morgan fingerprint density at radius 2 is 1.75 bits per heavy atom. The molecule has 0 aliphatic carbocycles. The van der Waals surface area contributed by atoms with Crippen LogP contribution in [0.3, 0.4) is 0 Å². The standard InChI is InChI=1S/C17H27N5O6/c1-17(2,3)28-16(26)20-7-6-10(8-20)13(23)18-19-14(24)12-5-4-11-9-21(12)15(25)22(11)27/h10-12,27H,4-9H2,1-3H3,(H,18,23)(H,19,24)/t10-,11+,12-/m1/s1. The zero-order valence-corrected chi connectivity index (χ0v) is 16.3. The number of ether oxygens (including phenoxy) is 1. The second kappa shape index (κ2) is 7.46. The summed E-state index contributed by atoms with van der Waals surface area (Å²) in [6, 6.07) is -1.62. The molecule has 3 aliphatic heterocycles. The Morgan fingerprint density at radius 1 is 1.07 bits per heavy atom. The minimum atomic E-state index is -0.733. The summed E-state index contributed by atoms with van der Waals surface area (Å²) in [7, 11) is 0. The van der Waals surface area contributed by atoms with Crippen molar-refractivity contribution in [1.29, 1.82) is 0 Å². The number of rotatable bonds is 2. The Morgan fingerprint density at radius 3 is 2.43 bits per heavy atom. The van der Waals surface area contributed by atoms with Gasteiger partial charge in [-0.05, 0) is 40.0 Å². The van der Waals surface area contributed by atoms with E-state index in [9.17, 15) is 24.4 Å². The number of carbonyl (C=O) groups is 4. The van der Waals surface area contributed by atoms with Gasteiger partial charge in [0.2, 0.25) is 5.91 Å². The smallest absolute Gasteiger partial charge is 0.410 e. The summed E-state index contributed by atoms with van der Waals surface area (Å²) >= 11 is 0. The Hall–Kier alpha value is -2.56. The highest BCUT2D eigenvalue weighted by Crippen LogP contribution is 2.28. The molecule has 0 radical (unpaired) electrons. The van der Waals surface area contributed by atoms with Gasteiger partial charge in [-0.1, -0.05) is 0 Å². The molecule has 3 fully saturated rings. The fraction of sp³-hybridized carbons (Fsp3) is 0.765. The van der Waals surface area contributed by atoms with Gasteiger partial charge in [0.25, 0.3) is 5.91 Å². The van der Waals surface area contributed by atoms with E-state index in [4.69, 9.17) is 4.74 Å². The molecule has 2 bridgehead atoms. The van der Waals surface area contributed by atoms with Crippen LogP contribution in [0.25, 0.3) is 0 Å². The van der Waals surface area contributed by atoms with Gasteiger partial charge in [-0.3, -0.25) is 25.6 Å². The van der Waals surface area contributed by atoms with Crippen LogP contribution in [-0.4, -0.2) is 81.3 Å². The first kappa shape index (κ1) is 20.2. The summed E-state index contributed by atoms with van der Waals surface area (Å²) in [5.41, 5.74) is 4.14. The van der Waals surface area contributed by atoms with Crippen molar-refractivity contribution < 1.29 is 29.1 Å². The molecule has 0 aromatic rings. The van der Waals surface area contributed by atoms with Crippen LogP contribution >= 0.6 is 0 Å². The molecule has 0 aromatic carbocycles. The maximum atomic E-state index is 12.4. The van der Waals surface area contributed by atoms with Gasteiger partial charge in [-0.15, -0.1) is 0 Å². The summed E-state index contributed by atoms with van der Waals surface area (Å²) < 4.78 is 5.30. The molecule has 0 unspecified atom stereocenters. The maximum absolute atomic E-state index is 12.4. The summed E-state index contributed by atoms with van der Waals surface area (Å²) in [4.78, 5) is 51.5. The Kier molecular flexibility index (Phi) is 5.37. The van der Waals surface area contributed by atoms with E-state index >= 15 is 0 Å². The van der Waals surface area contributed by atoms with Crippen molar-refractivity contribution in [3.8, 4) is 0 Å². The van der Waals surface area contributed by atoms with Crippen LogP contribution in [0.5, 0.6) is 0 Å². The number of likely N-dealkylation sites (tertiary alicyclic amines) is 1. The lowest BCUT2D eigenvalue weighted by molar-refractivity contribution is -0.133. The lowest BCUT2D eigenvalue weighted by Crippen LogP contribution is -2.55. The predicted molar refractivity (Wildman–Crippen MR) is 94.7 cm³/mol. The highest BCUT2D eigenvalue weighted by atomic mass is 16.6. The second-order valence-electron chi connectivity index (χ2n) is 8.42. The van der Waals surface area contributed by atoms with Crippen molar-refractivity contribution in [3.05, 3.63) is 0 Å². The molecule has 3 aliphatic rings. The van der Waals surface area contributed by atoms with Gasteiger partial charge in [-0.25, -0.2) is 14.7 Å². The second-order valence-corrected chi connectivity index (χ2v) is 8.42. The van der Waals surface area contributed by atoms with Crippen LogP contribution < -0.4 is 10.9 Å².